The van der Waals surface area contributed by atoms with Crippen LogP contribution in [-0.4, -0.2) is 40.2 Å². The zero-order chi connectivity index (χ0) is 28.5. The number of carboxylic acids is 1. The van der Waals surface area contributed by atoms with Crippen LogP contribution in [0, 0.1) is 24.7 Å². The maximum Gasteiger partial charge on any atom is 0.335 e. The number of carboxylic acid groups (broad SMARTS) is 1. The second kappa shape index (κ2) is 14.4. The Bertz CT molecular complexity index is 1390. The molecule has 0 spiro atoms. The third-order valence-corrected chi connectivity index (χ3v) is 8.49. The number of benzene rings is 2. The van der Waals surface area contributed by atoms with Crippen molar-refractivity contribution in [1.29, 1.82) is 0 Å². The van der Waals surface area contributed by atoms with Gasteiger partial charge in [0.1, 0.15) is 0 Å². The van der Waals surface area contributed by atoms with Gasteiger partial charge in [-0.3, -0.25) is 4.90 Å². The number of allylic oxidation sites excluding steroid dienone is 1. The number of aromatic carboxylic acids is 1. The first-order valence-corrected chi connectivity index (χ1v) is 15.4. The first-order valence-electron chi connectivity index (χ1n) is 15.4. The molecule has 40 heavy (non-hydrogen) atoms. The van der Waals surface area contributed by atoms with E-state index in [-0.39, 0.29) is 0 Å². The SMILES string of the molecule is CCCCCn1cc(C#CCN(CC)CC)c2cccc(/C=C(/c3ccc(C(=O)O)cc3C)C3CCCCC3)c21. The summed E-state index contributed by atoms with van der Waals surface area (Å²) in [5, 5.41) is 10.8. The molecule has 4 heteroatoms. The molecule has 0 saturated heterocycles. The van der Waals surface area contributed by atoms with Crippen molar-refractivity contribution in [2.45, 2.75) is 85.6 Å². The first kappa shape index (κ1) is 29.7. The Morgan fingerprint density at radius 2 is 1.85 bits per heavy atom. The minimum atomic E-state index is -0.873. The minimum Gasteiger partial charge on any atom is -0.478 e. The zero-order valence-electron chi connectivity index (χ0n) is 24.9. The van der Waals surface area contributed by atoms with Gasteiger partial charge in [-0.05, 0) is 85.7 Å². The monoisotopic (exact) mass is 538 g/mol. The topological polar surface area (TPSA) is 45.5 Å². The Balaban J connectivity index is 1.85. The fraction of sp³-hybridized carbons (Fsp3) is 0.472. The van der Waals surface area contributed by atoms with E-state index < -0.39 is 5.97 Å². The summed E-state index contributed by atoms with van der Waals surface area (Å²) < 4.78 is 2.43. The predicted octanol–water partition coefficient (Wildman–Crippen LogP) is 8.65. The summed E-state index contributed by atoms with van der Waals surface area (Å²) in [4.78, 5) is 14.0. The number of unbranched alkanes of at least 4 members (excludes halogenated alkanes) is 2. The largest absolute Gasteiger partial charge is 0.478 e. The lowest BCUT2D eigenvalue weighted by atomic mass is 9.79. The van der Waals surface area contributed by atoms with E-state index in [1.165, 1.54) is 72.5 Å². The summed E-state index contributed by atoms with van der Waals surface area (Å²) in [6.45, 7) is 12.5. The average molecular weight is 539 g/mol. The van der Waals surface area contributed by atoms with Crippen LogP contribution in [0.25, 0.3) is 22.6 Å². The summed E-state index contributed by atoms with van der Waals surface area (Å²) in [5.41, 5.74) is 7.51. The van der Waals surface area contributed by atoms with Gasteiger partial charge in [-0.2, -0.15) is 0 Å². The highest BCUT2D eigenvalue weighted by molar-refractivity contribution is 5.98. The fourth-order valence-electron chi connectivity index (χ4n) is 6.12. The molecule has 0 bridgehead atoms. The van der Waals surface area contributed by atoms with Crippen LogP contribution < -0.4 is 0 Å². The Kier molecular flexibility index (Phi) is 10.7. The highest BCUT2D eigenvalue weighted by Gasteiger charge is 2.22. The average Bonchev–Trinajstić information content (AvgIpc) is 3.33. The van der Waals surface area contributed by atoms with E-state index in [4.69, 9.17) is 0 Å². The van der Waals surface area contributed by atoms with Crippen LogP contribution in [0.1, 0.15) is 105 Å². The minimum absolute atomic E-state index is 0.351. The molecule has 1 N–H and O–H groups in total. The van der Waals surface area contributed by atoms with Gasteiger partial charge in [-0.25, -0.2) is 4.79 Å². The molecule has 4 rings (SSSR count). The van der Waals surface area contributed by atoms with Crippen LogP contribution in [-0.2, 0) is 6.54 Å². The molecule has 0 radical (unpaired) electrons. The molecule has 2 aromatic carbocycles. The van der Waals surface area contributed by atoms with Gasteiger partial charge in [-0.15, -0.1) is 0 Å². The maximum absolute atomic E-state index is 11.6. The quantitative estimate of drug-likeness (QED) is 0.151. The van der Waals surface area contributed by atoms with Crippen LogP contribution >= 0.6 is 0 Å². The number of para-hydroxylation sites is 1. The molecular weight excluding hydrogens is 492 g/mol. The lowest BCUT2D eigenvalue weighted by Gasteiger charge is -2.26. The van der Waals surface area contributed by atoms with E-state index >= 15 is 0 Å². The number of hydrogen-bond acceptors (Lipinski definition) is 2. The van der Waals surface area contributed by atoms with Crippen molar-refractivity contribution in [3.8, 4) is 11.8 Å². The van der Waals surface area contributed by atoms with Crippen molar-refractivity contribution >= 4 is 28.5 Å². The van der Waals surface area contributed by atoms with Gasteiger partial charge in [0.05, 0.1) is 23.2 Å². The van der Waals surface area contributed by atoms with Gasteiger partial charge >= 0.3 is 5.97 Å². The van der Waals surface area contributed by atoms with Gasteiger partial charge in [0.25, 0.3) is 0 Å². The highest BCUT2D eigenvalue weighted by atomic mass is 16.4. The molecule has 212 valence electrons. The van der Waals surface area contributed by atoms with Gasteiger partial charge < -0.3 is 9.67 Å². The van der Waals surface area contributed by atoms with Crippen molar-refractivity contribution in [1.82, 2.24) is 9.47 Å². The lowest BCUT2D eigenvalue weighted by Crippen LogP contribution is -2.22. The first-order chi connectivity index (χ1) is 19.5. The van der Waals surface area contributed by atoms with Crippen molar-refractivity contribution in [3.63, 3.8) is 0 Å². The molecule has 1 heterocycles. The van der Waals surface area contributed by atoms with Crippen LogP contribution in [0.15, 0.2) is 42.6 Å². The van der Waals surface area contributed by atoms with E-state index in [2.05, 4.69) is 79.5 Å². The standard InChI is InChI=1S/C36H46N2O2/c1-5-8-12-23-38-26-31(18-14-22-37(6-2)7-3)33-19-13-17-29(35(33)38)25-34(28-15-10-9-11-16-28)32-21-20-30(36(39)40)24-27(32)4/h13,17,19-21,24-26,28H,5-12,15-16,22-23H2,1-4H3,(H,39,40)/b34-25+. The van der Waals surface area contributed by atoms with Crippen molar-refractivity contribution in [2.75, 3.05) is 19.6 Å². The second-order valence-electron chi connectivity index (χ2n) is 11.2. The summed E-state index contributed by atoms with van der Waals surface area (Å²) in [6.07, 6.45) is 14.4. The number of rotatable bonds is 11. The lowest BCUT2D eigenvalue weighted by molar-refractivity contribution is 0.0696. The van der Waals surface area contributed by atoms with Crippen LogP contribution in [0.5, 0.6) is 0 Å². The van der Waals surface area contributed by atoms with E-state index in [0.717, 1.165) is 43.7 Å². The van der Waals surface area contributed by atoms with Gasteiger partial charge in [0, 0.05) is 18.1 Å². The maximum atomic E-state index is 11.6. The highest BCUT2D eigenvalue weighted by Crippen LogP contribution is 2.39. The summed E-state index contributed by atoms with van der Waals surface area (Å²) in [5.74, 6) is 6.55. The van der Waals surface area contributed by atoms with Gasteiger partial charge in [-0.1, -0.05) is 89.0 Å². The number of aryl methyl sites for hydroxylation is 2. The Morgan fingerprint density at radius 1 is 1.07 bits per heavy atom. The molecule has 0 aliphatic heterocycles. The fourth-order valence-corrected chi connectivity index (χ4v) is 6.12. The predicted molar refractivity (Wildman–Crippen MR) is 169 cm³/mol. The number of hydrogen-bond donors (Lipinski definition) is 1. The second-order valence-corrected chi connectivity index (χ2v) is 11.2. The molecule has 0 unspecified atom stereocenters. The summed E-state index contributed by atoms with van der Waals surface area (Å²) in [7, 11) is 0. The number of nitrogens with zero attached hydrogens (tertiary/aromatic N) is 2. The number of aromatic nitrogens is 1. The van der Waals surface area contributed by atoms with Crippen molar-refractivity contribution in [2.24, 2.45) is 5.92 Å². The van der Waals surface area contributed by atoms with Crippen LogP contribution in [0.4, 0.5) is 0 Å². The molecular formula is C36H46N2O2. The zero-order valence-corrected chi connectivity index (χ0v) is 24.9. The van der Waals surface area contributed by atoms with Gasteiger partial charge in [0.2, 0.25) is 0 Å². The third kappa shape index (κ3) is 7.07. The molecule has 0 amide bonds. The van der Waals surface area contributed by atoms with Crippen molar-refractivity contribution in [3.05, 3.63) is 70.4 Å². The summed E-state index contributed by atoms with van der Waals surface area (Å²) in [6, 6.07) is 12.3. The number of fused-ring (bicyclic) bond motifs is 1. The number of carbonyl (C=O) groups is 1. The molecule has 1 aliphatic carbocycles. The van der Waals surface area contributed by atoms with Crippen LogP contribution in [0.3, 0.4) is 0 Å². The molecule has 1 fully saturated rings. The molecule has 4 nitrogen and oxygen atoms in total. The molecule has 1 saturated carbocycles. The van der Waals surface area contributed by atoms with Crippen LogP contribution in [0.2, 0.25) is 0 Å². The normalized spacial score (nSPS) is 14.5. The summed E-state index contributed by atoms with van der Waals surface area (Å²) >= 11 is 0. The van der Waals surface area contributed by atoms with E-state index in [0.29, 0.717) is 11.5 Å². The van der Waals surface area contributed by atoms with E-state index in [9.17, 15) is 9.90 Å². The van der Waals surface area contributed by atoms with Crippen molar-refractivity contribution < 1.29 is 9.90 Å². The smallest absolute Gasteiger partial charge is 0.335 e. The van der Waals surface area contributed by atoms with Gasteiger partial charge in [0.15, 0.2) is 0 Å². The molecule has 3 aromatic rings. The van der Waals surface area contributed by atoms with E-state index in [1.54, 1.807) is 6.07 Å². The van der Waals surface area contributed by atoms with E-state index in [1.807, 2.05) is 12.1 Å². The third-order valence-electron chi connectivity index (χ3n) is 8.49. The Labute approximate surface area is 241 Å². The Hall–Kier alpha value is -3.29. The molecule has 1 aliphatic rings. The molecule has 1 aromatic heterocycles. The Morgan fingerprint density at radius 3 is 2.52 bits per heavy atom. The molecule has 0 atom stereocenters.